The number of nitrogens with zero attached hydrogens (tertiary/aromatic N) is 5. The lowest BCUT2D eigenvalue weighted by Gasteiger charge is -2.31. The number of nitrogens with one attached hydrogen (secondary N) is 1. The third-order valence-corrected chi connectivity index (χ3v) is 5.09. The Kier molecular flexibility index (Phi) is 5.77. The van der Waals surface area contributed by atoms with E-state index >= 15 is 0 Å². The number of hydrogen-bond acceptors (Lipinski definition) is 6. The molecule has 0 aliphatic carbocycles. The number of carbonyl (C=O) groups is 1. The summed E-state index contributed by atoms with van der Waals surface area (Å²) in [6.07, 6.45) is 6.22. The van der Waals surface area contributed by atoms with E-state index in [4.69, 9.17) is 4.42 Å². The molecule has 4 rings (SSSR count). The summed E-state index contributed by atoms with van der Waals surface area (Å²) < 4.78 is 7.13. The van der Waals surface area contributed by atoms with Gasteiger partial charge in [-0.2, -0.15) is 0 Å². The fraction of sp³-hybridized carbons (Fsp3) is 0.400. The average Bonchev–Trinajstić information content (AvgIpc) is 3.43. The summed E-state index contributed by atoms with van der Waals surface area (Å²) >= 11 is 0. The monoisotopic (exact) mass is 380 g/mol. The zero-order valence-corrected chi connectivity index (χ0v) is 15.7. The Bertz CT molecular complexity index is 861. The second-order valence-corrected chi connectivity index (χ2v) is 7.11. The van der Waals surface area contributed by atoms with Gasteiger partial charge in [0.25, 0.3) is 0 Å². The highest BCUT2D eigenvalue weighted by Crippen LogP contribution is 2.23. The van der Waals surface area contributed by atoms with Gasteiger partial charge in [0.05, 0.1) is 12.2 Å². The fourth-order valence-corrected chi connectivity index (χ4v) is 3.62. The molecule has 3 heterocycles. The zero-order chi connectivity index (χ0) is 19.2. The molecule has 28 heavy (non-hydrogen) atoms. The van der Waals surface area contributed by atoms with Crippen LogP contribution in [0.25, 0.3) is 11.3 Å². The molecule has 1 amide bonds. The van der Waals surface area contributed by atoms with E-state index in [0.29, 0.717) is 0 Å². The van der Waals surface area contributed by atoms with Crippen molar-refractivity contribution in [2.24, 2.45) is 5.92 Å². The van der Waals surface area contributed by atoms with Gasteiger partial charge < -0.3 is 14.6 Å². The lowest BCUT2D eigenvalue weighted by Crippen LogP contribution is -2.41. The van der Waals surface area contributed by atoms with Crippen LogP contribution in [-0.4, -0.2) is 50.6 Å². The lowest BCUT2D eigenvalue weighted by molar-refractivity contribution is -0.121. The number of aromatic nitrogens is 4. The van der Waals surface area contributed by atoms with E-state index in [1.807, 2.05) is 36.4 Å². The summed E-state index contributed by atoms with van der Waals surface area (Å²) in [6.45, 7) is 3.58. The third-order valence-electron chi connectivity index (χ3n) is 5.09. The Labute approximate surface area is 163 Å². The zero-order valence-electron chi connectivity index (χ0n) is 15.7. The van der Waals surface area contributed by atoms with E-state index in [-0.39, 0.29) is 11.8 Å². The summed E-state index contributed by atoms with van der Waals surface area (Å²) in [6, 6.07) is 11.5. The van der Waals surface area contributed by atoms with E-state index in [1.54, 1.807) is 17.3 Å². The first-order valence-corrected chi connectivity index (χ1v) is 9.66. The number of likely N-dealkylation sites (tertiary alicyclic amines) is 1. The quantitative estimate of drug-likeness (QED) is 0.678. The van der Waals surface area contributed by atoms with Gasteiger partial charge >= 0.3 is 0 Å². The van der Waals surface area contributed by atoms with E-state index in [1.165, 1.54) is 0 Å². The van der Waals surface area contributed by atoms with Crippen molar-refractivity contribution in [3.8, 4) is 11.3 Å². The van der Waals surface area contributed by atoms with E-state index in [0.717, 1.165) is 62.5 Å². The van der Waals surface area contributed by atoms with Crippen LogP contribution in [0.1, 0.15) is 19.3 Å². The van der Waals surface area contributed by atoms with Gasteiger partial charge in [-0.05, 0) is 79.2 Å². The number of benzene rings is 1. The molecule has 3 aromatic rings. The highest BCUT2D eigenvalue weighted by atomic mass is 16.3. The number of piperidine rings is 1. The molecule has 0 bridgehead atoms. The molecule has 8 heteroatoms. The van der Waals surface area contributed by atoms with Crippen molar-refractivity contribution >= 4 is 11.6 Å². The highest BCUT2D eigenvalue weighted by Gasteiger charge is 2.25. The molecule has 2 aromatic heterocycles. The van der Waals surface area contributed by atoms with Crippen LogP contribution in [0.3, 0.4) is 0 Å². The van der Waals surface area contributed by atoms with Gasteiger partial charge in [0.2, 0.25) is 5.91 Å². The van der Waals surface area contributed by atoms with Crippen LogP contribution in [0.15, 0.2) is 53.4 Å². The van der Waals surface area contributed by atoms with Gasteiger partial charge in [0, 0.05) is 24.3 Å². The van der Waals surface area contributed by atoms with Crippen molar-refractivity contribution in [3.63, 3.8) is 0 Å². The Morgan fingerprint density at radius 2 is 2.11 bits per heavy atom. The van der Waals surface area contributed by atoms with Crippen molar-refractivity contribution in [2.75, 3.05) is 25.0 Å². The Balaban J connectivity index is 1.26. The predicted octanol–water partition coefficient (Wildman–Crippen LogP) is 2.67. The maximum absolute atomic E-state index is 12.7. The van der Waals surface area contributed by atoms with E-state index < -0.39 is 0 Å². The van der Waals surface area contributed by atoms with Crippen LogP contribution in [-0.2, 0) is 11.3 Å². The first-order valence-electron chi connectivity index (χ1n) is 9.66. The summed E-state index contributed by atoms with van der Waals surface area (Å²) in [5.41, 5.74) is 1.81. The summed E-state index contributed by atoms with van der Waals surface area (Å²) in [4.78, 5) is 15.1. The van der Waals surface area contributed by atoms with Crippen molar-refractivity contribution in [2.45, 2.75) is 25.8 Å². The van der Waals surface area contributed by atoms with Crippen LogP contribution in [0.2, 0.25) is 0 Å². The second kappa shape index (κ2) is 8.79. The van der Waals surface area contributed by atoms with Crippen molar-refractivity contribution in [1.29, 1.82) is 0 Å². The number of tetrazole rings is 1. The molecule has 1 atom stereocenters. The van der Waals surface area contributed by atoms with Gasteiger partial charge in [-0.1, -0.05) is 0 Å². The number of rotatable bonds is 7. The van der Waals surface area contributed by atoms with Gasteiger partial charge in [-0.3, -0.25) is 4.79 Å². The summed E-state index contributed by atoms with van der Waals surface area (Å²) in [5.74, 6) is 0.935. The Hall–Kier alpha value is -3.00. The molecule has 8 nitrogen and oxygen atoms in total. The normalized spacial score (nSPS) is 17.5. The second-order valence-electron chi connectivity index (χ2n) is 7.11. The largest absolute Gasteiger partial charge is 0.464 e. The first-order chi connectivity index (χ1) is 13.8. The number of hydrogen-bond donors (Lipinski definition) is 1. The van der Waals surface area contributed by atoms with Crippen LogP contribution < -0.4 is 5.32 Å². The van der Waals surface area contributed by atoms with E-state index in [9.17, 15) is 4.79 Å². The molecule has 1 aliphatic rings. The predicted molar refractivity (Wildman–Crippen MR) is 104 cm³/mol. The summed E-state index contributed by atoms with van der Waals surface area (Å²) in [5, 5.41) is 14.2. The number of anilines is 1. The maximum Gasteiger partial charge on any atom is 0.228 e. The molecule has 146 valence electrons. The fourth-order valence-electron chi connectivity index (χ4n) is 3.62. The molecular weight excluding hydrogens is 356 g/mol. The molecule has 1 aromatic carbocycles. The van der Waals surface area contributed by atoms with Gasteiger partial charge in [0.1, 0.15) is 12.1 Å². The van der Waals surface area contributed by atoms with Crippen LogP contribution >= 0.6 is 0 Å². The summed E-state index contributed by atoms with van der Waals surface area (Å²) in [7, 11) is 0. The van der Waals surface area contributed by atoms with Gasteiger partial charge in [-0.25, -0.2) is 4.68 Å². The number of furan rings is 1. The molecule has 0 spiro atoms. The van der Waals surface area contributed by atoms with Crippen molar-refractivity contribution in [3.05, 3.63) is 49.0 Å². The molecule has 0 saturated carbocycles. The smallest absolute Gasteiger partial charge is 0.228 e. The topological polar surface area (TPSA) is 89.1 Å². The van der Waals surface area contributed by atoms with Gasteiger partial charge in [-0.15, -0.1) is 5.10 Å². The molecular formula is C20H24N6O2. The lowest BCUT2D eigenvalue weighted by atomic mass is 9.97. The molecule has 1 fully saturated rings. The first kappa shape index (κ1) is 18.4. The molecule has 1 aliphatic heterocycles. The average molecular weight is 380 g/mol. The molecule has 1 saturated heterocycles. The van der Waals surface area contributed by atoms with Crippen LogP contribution in [0.5, 0.6) is 0 Å². The highest BCUT2D eigenvalue weighted by molar-refractivity contribution is 5.93. The van der Waals surface area contributed by atoms with Gasteiger partial charge in [0.15, 0.2) is 0 Å². The Morgan fingerprint density at radius 3 is 2.86 bits per heavy atom. The minimum Gasteiger partial charge on any atom is -0.464 e. The number of aryl methyl sites for hydroxylation is 1. The molecule has 0 radical (unpaired) electrons. The molecule has 1 N–H and O–H groups in total. The van der Waals surface area contributed by atoms with Crippen molar-refractivity contribution in [1.82, 2.24) is 25.1 Å². The maximum atomic E-state index is 12.7. The number of amides is 1. The minimum absolute atomic E-state index is 0.0199. The van der Waals surface area contributed by atoms with Crippen LogP contribution in [0.4, 0.5) is 5.69 Å². The van der Waals surface area contributed by atoms with Crippen LogP contribution in [0, 0.1) is 5.92 Å². The number of carbonyl (C=O) groups excluding carboxylic acids is 1. The van der Waals surface area contributed by atoms with E-state index in [2.05, 4.69) is 25.7 Å². The SMILES string of the molecule is O=C(Nc1ccc(-c2ccco2)cc1)C1CCCN(CCCn2cnnn2)C1. The van der Waals surface area contributed by atoms with Crippen molar-refractivity contribution < 1.29 is 9.21 Å². The third kappa shape index (κ3) is 4.64. The molecule has 1 unspecified atom stereocenters. The standard InChI is InChI=1S/C20H24N6O2/c27-20(22-18-8-6-16(7-9-18)19-5-2-13-28-19)17-4-1-10-25(14-17)11-3-12-26-15-21-23-24-26/h2,5-9,13,15,17H,1,3-4,10-12,14H2,(H,22,27). The Morgan fingerprint density at radius 1 is 1.21 bits per heavy atom. The minimum atomic E-state index is 0.0199.